The molecule has 0 unspecified atom stereocenters. The quantitative estimate of drug-likeness (QED) is 0.687. The van der Waals surface area contributed by atoms with E-state index in [0.717, 1.165) is 13.1 Å². The van der Waals surface area contributed by atoms with E-state index >= 15 is 0 Å². The molecule has 0 spiro atoms. The number of hydrogen-bond donors (Lipinski definition) is 1. The summed E-state index contributed by atoms with van der Waals surface area (Å²) in [6, 6.07) is 0. The highest BCUT2D eigenvalue weighted by Crippen LogP contribution is 2.28. The molecule has 1 heteroatoms. The lowest BCUT2D eigenvalue weighted by Gasteiger charge is -2.28. The molecular formula is C12H21N. The largest absolute Gasteiger partial charge is 0.309 e. The van der Waals surface area contributed by atoms with Crippen molar-refractivity contribution in [2.45, 2.75) is 27.7 Å². The van der Waals surface area contributed by atoms with Crippen LogP contribution in [0.5, 0.6) is 0 Å². The fourth-order valence-electron chi connectivity index (χ4n) is 2.06. The summed E-state index contributed by atoms with van der Waals surface area (Å²) in [4.78, 5) is 0. The first-order chi connectivity index (χ1) is 6.04. The Balaban J connectivity index is 3.04. The summed E-state index contributed by atoms with van der Waals surface area (Å²) in [5.41, 5.74) is 4.34. The van der Waals surface area contributed by atoms with Crippen molar-refractivity contribution >= 4 is 0 Å². The van der Waals surface area contributed by atoms with Crippen molar-refractivity contribution in [3.8, 4) is 0 Å². The van der Waals surface area contributed by atoms with E-state index in [4.69, 9.17) is 0 Å². The summed E-state index contributed by atoms with van der Waals surface area (Å²) in [6.07, 6.45) is 0. The van der Waals surface area contributed by atoms with Gasteiger partial charge in [0, 0.05) is 13.1 Å². The van der Waals surface area contributed by atoms with Crippen LogP contribution in [-0.4, -0.2) is 13.1 Å². The second kappa shape index (κ2) is 4.10. The van der Waals surface area contributed by atoms with Gasteiger partial charge >= 0.3 is 0 Å². The summed E-state index contributed by atoms with van der Waals surface area (Å²) in [5.74, 6) is 1.26. The lowest BCUT2D eigenvalue weighted by atomic mass is 9.84. The Morgan fingerprint density at radius 2 is 1.69 bits per heavy atom. The van der Waals surface area contributed by atoms with E-state index in [9.17, 15) is 0 Å². The molecule has 0 aromatic heterocycles. The standard InChI is InChI=1S/C12H21N/c1-8(2)11-7-13-6-10(5)12(11)9(3)4/h8-9,13H,5-7H2,1-4H3. The van der Waals surface area contributed by atoms with Crippen LogP contribution in [0.4, 0.5) is 0 Å². The van der Waals surface area contributed by atoms with E-state index in [1.165, 1.54) is 11.1 Å². The molecule has 1 rings (SSSR count). The second-order valence-electron chi connectivity index (χ2n) is 4.46. The molecule has 0 atom stereocenters. The Morgan fingerprint density at radius 3 is 2.08 bits per heavy atom. The minimum atomic E-state index is 0.618. The van der Waals surface area contributed by atoms with Gasteiger partial charge < -0.3 is 5.32 Å². The Labute approximate surface area is 81.9 Å². The maximum absolute atomic E-state index is 4.13. The molecule has 0 aromatic rings. The smallest absolute Gasteiger partial charge is 0.0205 e. The molecule has 13 heavy (non-hydrogen) atoms. The predicted molar refractivity (Wildman–Crippen MR) is 58.7 cm³/mol. The minimum Gasteiger partial charge on any atom is -0.309 e. The summed E-state index contributed by atoms with van der Waals surface area (Å²) in [5, 5.41) is 3.39. The van der Waals surface area contributed by atoms with E-state index in [-0.39, 0.29) is 0 Å². The van der Waals surface area contributed by atoms with Crippen molar-refractivity contribution in [2.24, 2.45) is 11.8 Å². The SMILES string of the molecule is C=C1CNCC(C(C)C)=C1C(C)C. The molecule has 0 bridgehead atoms. The zero-order chi connectivity index (χ0) is 10.0. The molecule has 0 amide bonds. The molecule has 1 heterocycles. The Kier molecular flexibility index (Phi) is 3.32. The molecule has 0 aromatic carbocycles. The van der Waals surface area contributed by atoms with E-state index in [1.54, 1.807) is 5.57 Å². The van der Waals surface area contributed by atoms with Crippen molar-refractivity contribution in [3.63, 3.8) is 0 Å². The van der Waals surface area contributed by atoms with Gasteiger partial charge in [0.2, 0.25) is 0 Å². The minimum absolute atomic E-state index is 0.618. The molecule has 74 valence electrons. The molecule has 0 radical (unpaired) electrons. The summed E-state index contributed by atoms with van der Waals surface area (Å²) in [7, 11) is 0. The van der Waals surface area contributed by atoms with Crippen LogP contribution in [0.3, 0.4) is 0 Å². The zero-order valence-corrected chi connectivity index (χ0v) is 9.28. The first-order valence-electron chi connectivity index (χ1n) is 5.15. The third kappa shape index (κ3) is 2.22. The average molecular weight is 179 g/mol. The fourth-order valence-corrected chi connectivity index (χ4v) is 2.06. The van der Waals surface area contributed by atoms with Crippen LogP contribution in [0.2, 0.25) is 0 Å². The second-order valence-corrected chi connectivity index (χ2v) is 4.46. The van der Waals surface area contributed by atoms with Crippen LogP contribution in [0.25, 0.3) is 0 Å². The Bertz CT molecular complexity index is 234. The van der Waals surface area contributed by atoms with Crippen LogP contribution in [0.1, 0.15) is 27.7 Å². The third-order valence-corrected chi connectivity index (χ3v) is 2.65. The highest BCUT2D eigenvalue weighted by Gasteiger charge is 2.19. The summed E-state index contributed by atoms with van der Waals surface area (Å²) < 4.78 is 0. The van der Waals surface area contributed by atoms with Gasteiger partial charge in [-0.2, -0.15) is 0 Å². The van der Waals surface area contributed by atoms with Gasteiger partial charge in [-0.1, -0.05) is 39.8 Å². The van der Waals surface area contributed by atoms with Crippen LogP contribution in [0, 0.1) is 11.8 Å². The lowest BCUT2D eigenvalue weighted by Crippen LogP contribution is -2.30. The normalized spacial score (nSPS) is 19.1. The van der Waals surface area contributed by atoms with Crippen molar-refractivity contribution in [1.29, 1.82) is 0 Å². The molecule has 0 saturated heterocycles. The zero-order valence-electron chi connectivity index (χ0n) is 9.28. The lowest BCUT2D eigenvalue weighted by molar-refractivity contribution is 0.610. The summed E-state index contributed by atoms with van der Waals surface area (Å²) in [6.45, 7) is 15.2. The van der Waals surface area contributed by atoms with Crippen LogP contribution >= 0.6 is 0 Å². The van der Waals surface area contributed by atoms with Crippen LogP contribution < -0.4 is 5.32 Å². The Morgan fingerprint density at radius 1 is 1.08 bits per heavy atom. The molecule has 1 N–H and O–H groups in total. The van der Waals surface area contributed by atoms with Gasteiger partial charge in [-0.15, -0.1) is 0 Å². The van der Waals surface area contributed by atoms with Gasteiger partial charge in [0.15, 0.2) is 0 Å². The topological polar surface area (TPSA) is 12.0 Å². The number of rotatable bonds is 2. The monoisotopic (exact) mass is 179 g/mol. The van der Waals surface area contributed by atoms with Crippen molar-refractivity contribution in [1.82, 2.24) is 5.32 Å². The first kappa shape index (κ1) is 10.5. The van der Waals surface area contributed by atoms with E-state index < -0.39 is 0 Å². The van der Waals surface area contributed by atoms with Crippen LogP contribution in [0.15, 0.2) is 23.3 Å². The Hall–Kier alpha value is -0.560. The molecule has 1 nitrogen and oxygen atoms in total. The third-order valence-electron chi connectivity index (χ3n) is 2.65. The van der Waals surface area contributed by atoms with Gasteiger partial charge in [0.1, 0.15) is 0 Å². The molecular weight excluding hydrogens is 158 g/mol. The number of nitrogens with one attached hydrogen (secondary N) is 1. The van der Waals surface area contributed by atoms with Crippen molar-refractivity contribution in [2.75, 3.05) is 13.1 Å². The molecule has 0 saturated carbocycles. The van der Waals surface area contributed by atoms with Crippen molar-refractivity contribution in [3.05, 3.63) is 23.3 Å². The summed E-state index contributed by atoms with van der Waals surface area (Å²) >= 11 is 0. The maximum atomic E-state index is 4.13. The first-order valence-corrected chi connectivity index (χ1v) is 5.15. The highest BCUT2D eigenvalue weighted by molar-refractivity contribution is 5.39. The van der Waals surface area contributed by atoms with E-state index in [0.29, 0.717) is 11.8 Å². The molecule has 0 aliphatic carbocycles. The van der Waals surface area contributed by atoms with Gasteiger partial charge in [-0.3, -0.25) is 0 Å². The van der Waals surface area contributed by atoms with Crippen LogP contribution in [-0.2, 0) is 0 Å². The van der Waals surface area contributed by atoms with Crippen molar-refractivity contribution < 1.29 is 0 Å². The number of hydrogen-bond acceptors (Lipinski definition) is 1. The van der Waals surface area contributed by atoms with Gasteiger partial charge in [0.25, 0.3) is 0 Å². The van der Waals surface area contributed by atoms with E-state index in [2.05, 4.69) is 39.6 Å². The molecule has 1 aliphatic heterocycles. The van der Waals surface area contributed by atoms with Gasteiger partial charge in [-0.25, -0.2) is 0 Å². The maximum Gasteiger partial charge on any atom is 0.0205 e. The van der Waals surface area contributed by atoms with E-state index in [1.807, 2.05) is 0 Å². The molecule has 0 fully saturated rings. The van der Waals surface area contributed by atoms with Gasteiger partial charge in [-0.05, 0) is 23.0 Å². The van der Waals surface area contributed by atoms with Gasteiger partial charge in [0.05, 0.1) is 0 Å². The fraction of sp³-hybridized carbons (Fsp3) is 0.667. The highest BCUT2D eigenvalue weighted by atomic mass is 14.9. The average Bonchev–Trinajstić information content (AvgIpc) is 2.02. The predicted octanol–water partition coefficient (Wildman–Crippen LogP) is 2.75. The molecule has 1 aliphatic rings.